The van der Waals surface area contributed by atoms with Crippen molar-refractivity contribution in [2.75, 3.05) is 11.6 Å². The summed E-state index contributed by atoms with van der Waals surface area (Å²) in [4.78, 5) is 6.47. The molecule has 1 atom stereocenters. The van der Waals surface area contributed by atoms with Crippen LogP contribution in [0, 0.1) is 6.92 Å². The zero-order valence-electron chi connectivity index (χ0n) is 11.0. The maximum Gasteiger partial charge on any atom is 0.192 e. The second-order valence-electron chi connectivity index (χ2n) is 4.47. The molecule has 0 spiro atoms. The van der Waals surface area contributed by atoms with Crippen LogP contribution in [-0.2, 0) is 9.84 Å². The Kier molecular flexibility index (Phi) is 3.91. The topological polar surface area (TPSA) is 59.1 Å². The number of rotatable bonds is 4. The number of thiophene rings is 1. The number of anilines is 1. The Balaban J connectivity index is 2.12. The molecule has 1 unspecified atom stereocenters. The molecule has 0 aliphatic carbocycles. The predicted octanol–water partition coefficient (Wildman–Crippen LogP) is 3.03. The van der Waals surface area contributed by atoms with Crippen molar-refractivity contribution in [1.29, 1.82) is 0 Å². The first kappa shape index (κ1) is 14.0. The summed E-state index contributed by atoms with van der Waals surface area (Å²) >= 11 is 1.74. The Hall–Kier alpha value is -1.40. The van der Waals surface area contributed by atoms with E-state index in [1.807, 2.05) is 0 Å². The van der Waals surface area contributed by atoms with Crippen LogP contribution in [0.1, 0.15) is 22.7 Å². The Bertz CT molecular complexity index is 660. The van der Waals surface area contributed by atoms with Crippen LogP contribution in [0.25, 0.3) is 0 Å². The Labute approximate surface area is 117 Å². The van der Waals surface area contributed by atoms with Gasteiger partial charge in [-0.1, -0.05) is 0 Å². The highest BCUT2D eigenvalue weighted by molar-refractivity contribution is 7.90. The fourth-order valence-electron chi connectivity index (χ4n) is 1.69. The molecule has 0 fully saturated rings. The lowest BCUT2D eigenvalue weighted by atomic mass is 10.2. The molecule has 19 heavy (non-hydrogen) atoms. The van der Waals surface area contributed by atoms with E-state index in [1.54, 1.807) is 23.6 Å². The quantitative estimate of drug-likeness (QED) is 0.942. The maximum atomic E-state index is 11.3. The van der Waals surface area contributed by atoms with Crippen LogP contribution in [0.3, 0.4) is 0 Å². The number of hydrogen-bond donors (Lipinski definition) is 1. The largest absolute Gasteiger partial charge is 0.376 e. The van der Waals surface area contributed by atoms with Crippen molar-refractivity contribution in [3.63, 3.8) is 0 Å². The zero-order chi connectivity index (χ0) is 14.0. The number of pyridine rings is 1. The van der Waals surface area contributed by atoms with E-state index in [0.29, 0.717) is 0 Å². The van der Waals surface area contributed by atoms with E-state index in [4.69, 9.17) is 0 Å². The smallest absolute Gasteiger partial charge is 0.192 e. The molecule has 6 heteroatoms. The molecule has 0 aromatic carbocycles. The number of aromatic nitrogens is 1. The standard InChI is InChI=1S/C13H16N2O2S2/c1-9-4-6-12(18-9)10(2)15-11-5-7-13(14-8-11)19(3,16)17/h4-8,10,15H,1-3H3. The van der Waals surface area contributed by atoms with Crippen LogP contribution < -0.4 is 5.32 Å². The molecule has 0 aliphatic rings. The van der Waals surface area contributed by atoms with Crippen LogP contribution >= 0.6 is 11.3 Å². The summed E-state index contributed by atoms with van der Waals surface area (Å²) in [5.41, 5.74) is 0.811. The van der Waals surface area contributed by atoms with Gasteiger partial charge in [0.05, 0.1) is 17.9 Å². The molecule has 1 N–H and O–H groups in total. The molecule has 2 rings (SSSR count). The summed E-state index contributed by atoms with van der Waals surface area (Å²) in [5.74, 6) is 0. The van der Waals surface area contributed by atoms with Gasteiger partial charge in [-0.15, -0.1) is 11.3 Å². The normalized spacial score (nSPS) is 13.2. The Morgan fingerprint density at radius 1 is 1.26 bits per heavy atom. The lowest BCUT2D eigenvalue weighted by Gasteiger charge is -2.13. The fourth-order valence-corrected chi connectivity index (χ4v) is 3.13. The fraction of sp³-hybridized carbons (Fsp3) is 0.308. The van der Waals surface area contributed by atoms with Gasteiger partial charge in [0.1, 0.15) is 0 Å². The van der Waals surface area contributed by atoms with Gasteiger partial charge < -0.3 is 5.32 Å². The minimum atomic E-state index is -3.23. The van der Waals surface area contributed by atoms with Crippen molar-refractivity contribution in [3.05, 3.63) is 40.2 Å². The van der Waals surface area contributed by atoms with Crippen molar-refractivity contribution in [2.24, 2.45) is 0 Å². The van der Waals surface area contributed by atoms with Crippen LogP contribution in [0.15, 0.2) is 35.5 Å². The highest BCUT2D eigenvalue weighted by atomic mass is 32.2. The molecule has 4 nitrogen and oxygen atoms in total. The second-order valence-corrected chi connectivity index (χ2v) is 7.75. The third-order valence-corrected chi connectivity index (χ3v) is 4.87. The number of aryl methyl sites for hydroxylation is 1. The molecule has 2 heterocycles. The molecule has 2 aromatic heterocycles. The highest BCUT2D eigenvalue weighted by Gasteiger charge is 2.10. The molecule has 0 aliphatic heterocycles. The van der Waals surface area contributed by atoms with E-state index in [2.05, 4.69) is 36.3 Å². The number of nitrogens with one attached hydrogen (secondary N) is 1. The molecule has 102 valence electrons. The van der Waals surface area contributed by atoms with E-state index in [-0.39, 0.29) is 11.1 Å². The predicted molar refractivity (Wildman–Crippen MR) is 78.4 cm³/mol. The SMILES string of the molecule is Cc1ccc(C(C)Nc2ccc(S(C)(=O)=O)nc2)s1. The maximum absolute atomic E-state index is 11.3. The van der Waals surface area contributed by atoms with Gasteiger partial charge in [-0.2, -0.15) is 0 Å². The number of sulfone groups is 1. The van der Waals surface area contributed by atoms with Crippen LogP contribution in [0.2, 0.25) is 0 Å². The van der Waals surface area contributed by atoms with Gasteiger partial charge in [0.25, 0.3) is 0 Å². The van der Waals surface area contributed by atoms with E-state index < -0.39 is 9.84 Å². The van der Waals surface area contributed by atoms with Gasteiger partial charge in [-0.25, -0.2) is 13.4 Å². The Morgan fingerprint density at radius 2 is 2.00 bits per heavy atom. The summed E-state index contributed by atoms with van der Waals surface area (Å²) in [6.07, 6.45) is 2.70. The number of nitrogens with zero attached hydrogens (tertiary/aromatic N) is 1. The summed E-state index contributed by atoms with van der Waals surface area (Å²) < 4.78 is 22.6. The minimum Gasteiger partial charge on any atom is -0.376 e. The monoisotopic (exact) mass is 296 g/mol. The van der Waals surface area contributed by atoms with Gasteiger partial charge in [0.2, 0.25) is 0 Å². The van der Waals surface area contributed by atoms with E-state index in [0.717, 1.165) is 11.9 Å². The lowest BCUT2D eigenvalue weighted by molar-refractivity contribution is 0.598. The molecule has 0 amide bonds. The third-order valence-electron chi connectivity index (χ3n) is 2.69. The van der Waals surface area contributed by atoms with E-state index in [9.17, 15) is 8.42 Å². The van der Waals surface area contributed by atoms with E-state index >= 15 is 0 Å². The molecular formula is C13H16N2O2S2. The first-order valence-corrected chi connectivity index (χ1v) is 8.56. The summed E-state index contributed by atoms with van der Waals surface area (Å²) in [6.45, 7) is 4.14. The van der Waals surface area contributed by atoms with Gasteiger partial charge >= 0.3 is 0 Å². The van der Waals surface area contributed by atoms with Crippen molar-refractivity contribution in [1.82, 2.24) is 4.98 Å². The highest BCUT2D eigenvalue weighted by Crippen LogP contribution is 2.25. The van der Waals surface area contributed by atoms with Crippen molar-refractivity contribution < 1.29 is 8.42 Å². The lowest BCUT2D eigenvalue weighted by Crippen LogP contribution is -2.06. The van der Waals surface area contributed by atoms with Crippen LogP contribution in [0.4, 0.5) is 5.69 Å². The summed E-state index contributed by atoms with van der Waals surface area (Å²) in [5, 5.41) is 3.40. The van der Waals surface area contributed by atoms with Gasteiger partial charge in [0.15, 0.2) is 14.9 Å². The third kappa shape index (κ3) is 3.54. The van der Waals surface area contributed by atoms with Crippen LogP contribution in [-0.4, -0.2) is 19.7 Å². The summed E-state index contributed by atoms with van der Waals surface area (Å²) in [7, 11) is -3.23. The average molecular weight is 296 g/mol. The number of hydrogen-bond acceptors (Lipinski definition) is 5. The first-order chi connectivity index (χ1) is 8.86. The van der Waals surface area contributed by atoms with Gasteiger partial charge in [-0.3, -0.25) is 0 Å². The molecule has 0 saturated heterocycles. The van der Waals surface area contributed by atoms with Crippen molar-refractivity contribution in [3.8, 4) is 0 Å². The molecule has 0 bridgehead atoms. The molecule has 0 saturated carbocycles. The zero-order valence-corrected chi connectivity index (χ0v) is 12.7. The van der Waals surface area contributed by atoms with Crippen molar-refractivity contribution >= 4 is 26.9 Å². The van der Waals surface area contributed by atoms with Gasteiger partial charge in [-0.05, 0) is 38.1 Å². The molecule has 2 aromatic rings. The first-order valence-electron chi connectivity index (χ1n) is 5.85. The molecular weight excluding hydrogens is 280 g/mol. The Morgan fingerprint density at radius 3 is 2.47 bits per heavy atom. The van der Waals surface area contributed by atoms with Gasteiger partial charge in [0, 0.05) is 16.0 Å². The second kappa shape index (κ2) is 5.30. The van der Waals surface area contributed by atoms with E-state index in [1.165, 1.54) is 15.8 Å². The van der Waals surface area contributed by atoms with Crippen LogP contribution in [0.5, 0.6) is 0 Å². The average Bonchev–Trinajstić information content (AvgIpc) is 2.75. The summed E-state index contributed by atoms with van der Waals surface area (Å²) in [6, 6.07) is 7.60. The van der Waals surface area contributed by atoms with Crippen molar-refractivity contribution in [2.45, 2.75) is 24.9 Å². The minimum absolute atomic E-state index is 0.0951. The molecule has 0 radical (unpaired) electrons.